The molecule has 1 unspecified atom stereocenters. The van der Waals surface area contributed by atoms with E-state index >= 15 is 0 Å². The van der Waals surface area contributed by atoms with Gasteiger partial charge in [0.2, 0.25) is 0 Å². The summed E-state index contributed by atoms with van der Waals surface area (Å²) in [7, 11) is 1.64. The van der Waals surface area contributed by atoms with Crippen molar-refractivity contribution in [2.45, 2.75) is 25.9 Å². The first kappa shape index (κ1) is 12.7. The largest absolute Gasteiger partial charge is 0.383 e. The zero-order valence-electron chi connectivity index (χ0n) is 9.81. The number of aryl methyl sites for hydroxylation is 1. The molecule has 0 aliphatic carbocycles. The Kier molecular flexibility index (Phi) is 5.54. The van der Waals surface area contributed by atoms with Crippen LogP contribution in [0.1, 0.15) is 25.1 Å². The molecule has 5 heteroatoms. The molecule has 1 heterocycles. The van der Waals surface area contributed by atoms with Crippen LogP contribution in [0.15, 0.2) is 12.5 Å². The van der Waals surface area contributed by atoms with E-state index in [0.29, 0.717) is 13.2 Å². The van der Waals surface area contributed by atoms with Crippen LogP contribution in [0.25, 0.3) is 0 Å². The zero-order valence-corrected chi connectivity index (χ0v) is 9.81. The molecule has 1 aromatic rings. The monoisotopic (exact) mass is 222 g/mol. The SMILES string of the molecule is CCCn1cncc1C(C#N)NCCOC. The molecule has 1 rings (SSSR count). The summed E-state index contributed by atoms with van der Waals surface area (Å²) in [4.78, 5) is 4.08. The minimum Gasteiger partial charge on any atom is -0.383 e. The van der Waals surface area contributed by atoms with Gasteiger partial charge in [-0.15, -0.1) is 0 Å². The molecular weight excluding hydrogens is 204 g/mol. The molecule has 0 fully saturated rings. The average Bonchev–Trinajstić information content (AvgIpc) is 2.73. The van der Waals surface area contributed by atoms with Crippen LogP contribution in [0.5, 0.6) is 0 Å². The summed E-state index contributed by atoms with van der Waals surface area (Å²) in [5.74, 6) is 0. The van der Waals surface area contributed by atoms with Gasteiger partial charge in [0.1, 0.15) is 6.04 Å². The van der Waals surface area contributed by atoms with E-state index < -0.39 is 0 Å². The lowest BCUT2D eigenvalue weighted by atomic mass is 10.2. The number of methoxy groups -OCH3 is 1. The molecule has 0 spiro atoms. The summed E-state index contributed by atoms with van der Waals surface area (Å²) in [5.41, 5.74) is 0.917. The fourth-order valence-electron chi connectivity index (χ4n) is 1.52. The van der Waals surface area contributed by atoms with Crippen molar-refractivity contribution in [1.82, 2.24) is 14.9 Å². The first-order chi connectivity index (χ1) is 7.83. The van der Waals surface area contributed by atoms with E-state index in [4.69, 9.17) is 10.00 Å². The maximum atomic E-state index is 9.10. The van der Waals surface area contributed by atoms with E-state index in [1.54, 1.807) is 19.6 Å². The molecular formula is C11H18N4O. The van der Waals surface area contributed by atoms with Crippen molar-refractivity contribution in [2.75, 3.05) is 20.3 Å². The molecule has 88 valence electrons. The van der Waals surface area contributed by atoms with Gasteiger partial charge in [0.15, 0.2) is 0 Å². The van der Waals surface area contributed by atoms with Crippen LogP contribution in [-0.2, 0) is 11.3 Å². The number of hydrogen-bond donors (Lipinski definition) is 1. The predicted octanol–water partition coefficient (Wildman–Crippen LogP) is 1.09. The third kappa shape index (κ3) is 3.33. The zero-order chi connectivity index (χ0) is 11.8. The predicted molar refractivity (Wildman–Crippen MR) is 60.8 cm³/mol. The fraction of sp³-hybridized carbons (Fsp3) is 0.636. The van der Waals surface area contributed by atoms with Crippen molar-refractivity contribution < 1.29 is 4.74 Å². The summed E-state index contributed by atoms with van der Waals surface area (Å²) in [6.45, 7) is 4.25. The Balaban J connectivity index is 2.63. The molecule has 0 bridgehead atoms. The fourth-order valence-corrected chi connectivity index (χ4v) is 1.52. The van der Waals surface area contributed by atoms with Crippen LogP contribution in [0.2, 0.25) is 0 Å². The van der Waals surface area contributed by atoms with Crippen LogP contribution in [0.4, 0.5) is 0 Å². The molecule has 0 aliphatic rings. The molecule has 0 amide bonds. The number of rotatable bonds is 7. The third-order valence-corrected chi connectivity index (χ3v) is 2.29. The van der Waals surface area contributed by atoms with Crippen molar-refractivity contribution in [2.24, 2.45) is 0 Å². The topological polar surface area (TPSA) is 62.9 Å². The van der Waals surface area contributed by atoms with Gasteiger partial charge in [-0.05, 0) is 6.42 Å². The quantitative estimate of drug-likeness (QED) is 0.701. The van der Waals surface area contributed by atoms with Crippen LogP contribution in [-0.4, -0.2) is 29.8 Å². The number of imidazole rings is 1. The number of hydrogen-bond acceptors (Lipinski definition) is 4. The Morgan fingerprint density at radius 3 is 3.12 bits per heavy atom. The van der Waals surface area contributed by atoms with E-state index in [-0.39, 0.29) is 6.04 Å². The van der Waals surface area contributed by atoms with Gasteiger partial charge < -0.3 is 9.30 Å². The van der Waals surface area contributed by atoms with E-state index in [0.717, 1.165) is 18.7 Å². The average molecular weight is 222 g/mol. The lowest BCUT2D eigenvalue weighted by molar-refractivity contribution is 0.197. The van der Waals surface area contributed by atoms with E-state index in [1.165, 1.54) is 0 Å². The van der Waals surface area contributed by atoms with Crippen LogP contribution in [0.3, 0.4) is 0 Å². The maximum absolute atomic E-state index is 9.10. The molecule has 1 atom stereocenters. The first-order valence-corrected chi connectivity index (χ1v) is 5.45. The van der Waals surface area contributed by atoms with Gasteiger partial charge >= 0.3 is 0 Å². The summed E-state index contributed by atoms with van der Waals surface area (Å²) >= 11 is 0. The van der Waals surface area contributed by atoms with Gasteiger partial charge in [0, 0.05) is 20.2 Å². The van der Waals surface area contributed by atoms with E-state index in [9.17, 15) is 0 Å². The Bertz CT molecular complexity index is 342. The molecule has 5 nitrogen and oxygen atoms in total. The molecule has 1 N–H and O–H groups in total. The highest BCUT2D eigenvalue weighted by molar-refractivity contribution is 5.13. The molecule has 0 radical (unpaired) electrons. The molecule has 0 aliphatic heterocycles. The Hall–Kier alpha value is -1.38. The lowest BCUT2D eigenvalue weighted by Gasteiger charge is -2.13. The van der Waals surface area contributed by atoms with Crippen LogP contribution < -0.4 is 5.32 Å². The summed E-state index contributed by atoms with van der Waals surface area (Å²) in [6, 6.07) is 1.92. The highest BCUT2D eigenvalue weighted by Gasteiger charge is 2.13. The van der Waals surface area contributed by atoms with Gasteiger partial charge in [-0.1, -0.05) is 6.92 Å². The second-order valence-corrected chi connectivity index (χ2v) is 3.52. The summed E-state index contributed by atoms with van der Waals surface area (Å²) < 4.78 is 6.95. The molecule has 16 heavy (non-hydrogen) atoms. The molecule has 0 saturated heterocycles. The van der Waals surface area contributed by atoms with E-state index in [2.05, 4.69) is 23.3 Å². The Labute approximate surface area is 96.0 Å². The van der Waals surface area contributed by atoms with Crippen molar-refractivity contribution in [1.29, 1.82) is 5.26 Å². The summed E-state index contributed by atoms with van der Waals surface area (Å²) in [5, 5.41) is 12.2. The lowest BCUT2D eigenvalue weighted by Crippen LogP contribution is -2.25. The van der Waals surface area contributed by atoms with Gasteiger partial charge in [0.05, 0.1) is 30.9 Å². The van der Waals surface area contributed by atoms with Crippen molar-refractivity contribution >= 4 is 0 Å². The first-order valence-electron chi connectivity index (χ1n) is 5.45. The van der Waals surface area contributed by atoms with Gasteiger partial charge in [-0.25, -0.2) is 4.98 Å². The highest BCUT2D eigenvalue weighted by Crippen LogP contribution is 2.11. The van der Waals surface area contributed by atoms with Crippen LogP contribution >= 0.6 is 0 Å². The molecule has 1 aromatic heterocycles. The number of aromatic nitrogens is 2. The summed E-state index contributed by atoms with van der Waals surface area (Å²) in [6.07, 6.45) is 4.53. The Morgan fingerprint density at radius 1 is 1.69 bits per heavy atom. The minimum absolute atomic E-state index is 0.316. The minimum atomic E-state index is -0.316. The number of ether oxygens (including phenoxy) is 1. The standard InChI is InChI=1S/C11H18N4O/c1-3-5-15-9-13-8-11(15)10(7-12)14-4-6-16-2/h8-10,14H,3-6H2,1-2H3. The van der Waals surface area contributed by atoms with Gasteiger partial charge in [0.25, 0.3) is 0 Å². The maximum Gasteiger partial charge on any atom is 0.138 e. The number of nitriles is 1. The van der Waals surface area contributed by atoms with Crippen molar-refractivity contribution in [3.8, 4) is 6.07 Å². The van der Waals surface area contributed by atoms with Crippen molar-refractivity contribution in [3.63, 3.8) is 0 Å². The smallest absolute Gasteiger partial charge is 0.138 e. The van der Waals surface area contributed by atoms with Crippen LogP contribution in [0, 0.1) is 11.3 Å². The normalized spacial score (nSPS) is 12.3. The second-order valence-electron chi connectivity index (χ2n) is 3.52. The number of nitrogens with one attached hydrogen (secondary N) is 1. The van der Waals surface area contributed by atoms with Gasteiger partial charge in [-0.3, -0.25) is 5.32 Å². The number of nitrogens with zero attached hydrogens (tertiary/aromatic N) is 3. The molecule has 0 aromatic carbocycles. The molecule has 0 saturated carbocycles. The third-order valence-electron chi connectivity index (χ3n) is 2.29. The second kappa shape index (κ2) is 6.99. The Morgan fingerprint density at radius 2 is 2.50 bits per heavy atom. The highest BCUT2D eigenvalue weighted by atomic mass is 16.5. The van der Waals surface area contributed by atoms with Crippen molar-refractivity contribution in [3.05, 3.63) is 18.2 Å². The van der Waals surface area contributed by atoms with E-state index in [1.807, 2.05) is 4.57 Å². The van der Waals surface area contributed by atoms with Gasteiger partial charge in [-0.2, -0.15) is 5.26 Å².